The lowest BCUT2D eigenvalue weighted by Crippen LogP contribution is -2.46. The van der Waals surface area contributed by atoms with Gasteiger partial charge in [0.1, 0.15) is 5.75 Å². The predicted molar refractivity (Wildman–Crippen MR) is 89.3 cm³/mol. The first-order chi connectivity index (χ1) is 11.4. The molecular formula is C16H22N2O5S. The highest BCUT2D eigenvalue weighted by molar-refractivity contribution is 7.89. The van der Waals surface area contributed by atoms with Crippen molar-refractivity contribution in [3.05, 3.63) is 36.9 Å². The topological polar surface area (TPSA) is 84.9 Å². The number of sulfonamides is 1. The highest BCUT2D eigenvalue weighted by atomic mass is 32.2. The fraction of sp³-hybridized carbons (Fsp3) is 0.438. The molecule has 0 saturated carbocycles. The molecule has 1 N–H and O–H groups in total. The molecule has 1 aromatic rings. The molecule has 1 atom stereocenters. The van der Waals surface area contributed by atoms with Crippen LogP contribution in [0.1, 0.15) is 6.92 Å². The molecule has 1 fully saturated rings. The Balaban J connectivity index is 1.98. The largest absolute Gasteiger partial charge is 0.481 e. The van der Waals surface area contributed by atoms with Gasteiger partial charge in [-0.05, 0) is 31.2 Å². The van der Waals surface area contributed by atoms with Crippen molar-refractivity contribution in [2.45, 2.75) is 17.9 Å². The van der Waals surface area contributed by atoms with Crippen LogP contribution in [-0.2, 0) is 19.6 Å². The average molecular weight is 354 g/mol. The van der Waals surface area contributed by atoms with Crippen molar-refractivity contribution in [1.82, 2.24) is 9.62 Å². The van der Waals surface area contributed by atoms with E-state index in [4.69, 9.17) is 9.47 Å². The van der Waals surface area contributed by atoms with E-state index in [0.717, 1.165) is 0 Å². The Morgan fingerprint density at radius 3 is 2.58 bits per heavy atom. The Hall–Kier alpha value is -1.90. The molecule has 1 saturated heterocycles. The molecule has 1 amide bonds. The van der Waals surface area contributed by atoms with E-state index in [1.807, 2.05) is 0 Å². The third-order valence-electron chi connectivity index (χ3n) is 3.54. The van der Waals surface area contributed by atoms with Crippen molar-refractivity contribution in [2.75, 3.05) is 32.8 Å². The van der Waals surface area contributed by atoms with Gasteiger partial charge in [-0.2, -0.15) is 0 Å². The smallest absolute Gasteiger partial charge is 0.263 e. The Bertz CT molecular complexity index is 666. The number of hydrogen-bond donors (Lipinski definition) is 1. The quantitative estimate of drug-likeness (QED) is 0.732. The summed E-state index contributed by atoms with van der Waals surface area (Å²) in [5.74, 6) is 0.328. The summed E-state index contributed by atoms with van der Waals surface area (Å²) in [5.41, 5.74) is 0. The maximum atomic E-state index is 12.3. The van der Waals surface area contributed by atoms with E-state index in [0.29, 0.717) is 32.1 Å². The molecule has 0 unspecified atom stereocenters. The van der Waals surface area contributed by atoms with Crippen molar-refractivity contribution in [2.24, 2.45) is 0 Å². The summed E-state index contributed by atoms with van der Waals surface area (Å²) in [6.45, 7) is 7.47. The highest BCUT2D eigenvalue weighted by Crippen LogP contribution is 2.18. The Morgan fingerprint density at radius 1 is 1.38 bits per heavy atom. The van der Waals surface area contributed by atoms with E-state index in [-0.39, 0.29) is 17.3 Å². The third kappa shape index (κ3) is 4.80. The van der Waals surface area contributed by atoms with Gasteiger partial charge in [0.2, 0.25) is 10.0 Å². The van der Waals surface area contributed by atoms with Gasteiger partial charge in [-0.15, -0.1) is 6.58 Å². The molecule has 0 aliphatic carbocycles. The third-order valence-corrected chi connectivity index (χ3v) is 4.97. The van der Waals surface area contributed by atoms with Crippen LogP contribution in [0.25, 0.3) is 0 Å². The van der Waals surface area contributed by atoms with Gasteiger partial charge in [-0.3, -0.25) is 4.79 Å². The first kappa shape index (κ1) is 18.4. The van der Waals surface area contributed by atoms with E-state index in [1.165, 1.54) is 30.3 Å². The zero-order valence-corrected chi connectivity index (χ0v) is 14.4. The number of carbonyl (C=O) groups is 1. The number of benzene rings is 1. The first-order valence-electron chi connectivity index (χ1n) is 7.68. The molecule has 0 spiro atoms. The summed E-state index contributed by atoms with van der Waals surface area (Å²) < 4.78 is 37.2. The average Bonchev–Trinajstić information content (AvgIpc) is 2.60. The maximum Gasteiger partial charge on any atom is 0.263 e. The molecule has 1 aliphatic rings. The fourth-order valence-electron chi connectivity index (χ4n) is 2.24. The minimum absolute atomic E-state index is 0.109. The predicted octanol–water partition coefficient (Wildman–Crippen LogP) is 0.777. The minimum Gasteiger partial charge on any atom is -0.481 e. The van der Waals surface area contributed by atoms with Gasteiger partial charge in [0.05, 0.1) is 18.1 Å². The Kier molecular flexibility index (Phi) is 6.36. The van der Waals surface area contributed by atoms with Crippen LogP contribution in [0.3, 0.4) is 0 Å². The molecule has 0 radical (unpaired) electrons. The van der Waals surface area contributed by atoms with Gasteiger partial charge >= 0.3 is 0 Å². The van der Waals surface area contributed by atoms with Crippen molar-refractivity contribution in [1.29, 1.82) is 0 Å². The van der Waals surface area contributed by atoms with Crippen molar-refractivity contribution in [3.63, 3.8) is 0 Å². The molecule has 2 rings (SSSR count). The van der Waals surface area contributed by atoms with Crippen LogP contribution in [0.15, 0.2) is 41.8 Å². The second kappa shape index (κ2) is 8.27. The number of rotatable bonds is 7. The van der Waals surface area contributed by atoms with Crippen LogP contribution in [0.5, 0.6) is 5.75 Å². The molecule has 8 heteroatoms. The summed E-state index contributed by atoms with van der Waals surface area (Å²) in [5, 5.41) is 0. The molecule has 132 valence electrons. The first-order valence-corrected chi connectivity index (χ1v) is 9.16. The number of nitrogens with zero attached hydrogens (tertiary/aromatic N) is 1. The van der Waals surface area contributed by atoms with Crippen LogP contribution >= 0.6 is 0 Å². The standard InChI is InChI=1S/C16H22N2O5S/c1-3-8-17-24(20,21)15-6-4-14(5-7-15)23-13(2)16(19)18-9-11-22-12-10-18/h3-7,13,17H,1,8-12H2,2H3/t13-/m0/s1. The summed E-state index contributed by atoms with van der Waals surface area (Å²) in [6.07, 6.45) is 0.818. The zero-order valence-electron chi connectivity index (χ0n) is 13.6. The zero-order chi connectivity index (χ0) is 17.6. The monoisotopic (exact) mass is 354 g/mol. The van der Waals surface area contributed by atoms with E-state index >= 15 is 0 Å². The van der Waals surface area contributed by atoms with Crippen molar-refractivity contribution >= 4 is 15.9 Å². The Labute approximate surface area is 142 Å². The molecule has 7 nitrogen and oxygen atoms in total. The van der Waals surface area contributed by atoms with Gasteiger partial charge in [0, 0.05) is 19.6 Å². The number of morpholine rings is 1. The molecule has 24 heavy (non-hydrogen) atoms. The lowest BCUT2D eigenvalue weighted by molar-refractivity contribution is -0.142. The minimum atomic E-state index is -3.57. The molecule has 1 heterocycles. The van der Waals surface area contributed by atoms with Crippen molar-refractivity contribution < 1.29 is 22.7 Å². The van der Waals surface area contributed by atoms with Gasteiger partial charge in [-0.25, -0.2) is 13.1 Å². The van der Waals surface area contributed by atoms with E-state index in [1.54, 1.807) is 11.8 Å². The van der Waals surface area contributed by atoms with Crippen LogP contribution in [0.4, 0.5) is 0 Å². The molecule has 1 aliphatic heterocycles. The summed E-state index contributed by atoms with van der Waals surface area (Å²) >= 11 is 0. The molecule has 0 bridgehead atoms. The SMILES string of the molecule is C=CCNS(=O)(=O)c1ccc(O[C@@H](C)C(=O)N2CCOCC2)cc1. The van der Waals surface area contributed by atoms with Crippen LogP contribution < -0.4 is 9.46 Å². The van der Waals surface area contributed by atoms with E-state index < -0.39 is 16.1 Å². The maximum absolute atomic E-state index is 12.3. The summed E-state index contributed by atoms with van der Waals surface area (Å²) in [7, 11) is -3.57. The number of hydrogen-bond acceptors (Lipinski definition) is 5. The summed E-state index contributed by atoms with van der Waals surface area (Å²) in [4.78, 5) is 14.1. The number of amides is 1. The van der Waals surface area contributed by atoms with E-state index in [2.05, 4.69) is 11.3 Å². The second-order valence-corrected chi connectivity index (χ2v) is 7.08. The fourth-order valence-corrected chi connectivity index (χ4v) is 3.24. The number of carbonyl (C=O) groups excluding carboxylic acids is 1. The molecular weight excluding hydrogens is 332 g/mol. The van der Waals surface area contributed by atoms with Gasteiger partial charge in [0.25, 0.3) is 5.91 Å². The normalized spacial score (nSPS) is 16.5. The van der Waals surface area contributed by atoms with Gasteiger partial charge < -0.3 is 14.4 Å². The van der Waals surface area contributed by atoms with Gasteiger partial charge in [-0.1, -0.05) is 6.08 Å². The second-order valence-electron chi connectivity index (χ2n) is 5.31. The van der Waals surface area contributed by atoms with E-state index in [9.17, 15) is 13.2 Å². The van der Waals surface area contributed by atoms with Crippen LogP contribution in [0.2, 0.25) is 0 Å². The number of ether oxygens (including phenoxy) is 2. The lowest BCUT2D eigenvalue weighted by Gasteiger charge is -2.29. The summed E-state index contributed by atoms with van der Waals surface area (Å²) in [6, 6.07) is 5.94. The highest BCUT2D eigenvalue weighted by Gasteiger charge is 2.24. The molecule has 0 aromatic heterocycles. The lowest BCUT2D eigenvalue weighted by atomic mass is 10.3. The van der Waals surface area contributed by atoms with Gasteiger partial charge in [0.15, 0.2) is 6.10 Å². The molecule has 1 aromatic carbocycles. The number of nitrogens with one attached hydrogen (secondary N) is 1. The van der Waals surface area contributed by atoms with Crippen LogP contribution in [-0.4, -0.2) is 58.2 Å². The Morgan fingerprint density at radius 2 is 2.00 bits per heavy atom. The van der Waals surface area contributed by atoms with Crippen LogP contribution in [0, 0.1) is 0 Å². The van der Waals surface area contributed by atoms with Crippen molar-refractivity contribution in [3.8, 4) is 5.75 Å².